The van der Waals surface area contributed by atoms with Crippen LogP contribution in [0.2, 0.25) is 0 Å². The number of hydrogen-bond acceptors (Lipinski definition) is 3. The van der Waals surface area contributed by atoms with Crippen molar-refractivity contribution < 1.29 is 14.3 Å². The first-order valence-corrected chi connectivity index (χ1v) is 5.62. The Morgan fingerprint density at radius 3 is 2.67 bits per heavy atom. The SMILES string of the molecule is CCOC(=O)CC#Cc1ccc(/C=C/C=O)cc1. The van der Waals surface area contributed by atoms with Crippen molar-refractivity contribution in [2.24, 2.45) is 0 Å². The van der Waals surface area contributed by atoms with Crippen LogP contribution in [0.4, 0.5) is 0 Å². The van der Waals surface area contributed by atoms with Crippen molar-refractivity contribution in [1.82, 2.24) is 0 Å². The monoisotopic (exact) mass is 242 g/mol. The van der Waals surface area contributed by atoms with Crippen LogP contribution in [-0.2, 0) is 14.3 Å². The van der Waals surface area contributed by atoms with Gasteiger partial charge in [0.05, 0.1) is 6.61 Å². The summed E-state index contributed by atoms with van der Waals surface area (Å²) >= 11 is 0. The molecule has 0 aromatic heterocycles. The molecule has 0 amide bonds. The lowest BCUT2D eigenvalue weighted by molar-refractivity contribution is -0.141. The highest BCUT2D eigenvalue weighted by molar-refractivity contribution is 5.74. The lowest BCUT2D eigenvalue weighted by Gasteiger charge is -1.95. The zero-order valence-electron chi connectivity index (χ0n) is 10.2. The molecule has 0 unspecified atom stereocenters. The fourth-order valence-corrected chi connectivity index (χ4v) is 1.26. The largest absolute Gasteiger partial charge is 0.465 e. The van der Waals surface area contributed by atoms with E-state index < -0.39 is 0 Å². The summed E-state index contributed by atoms with van der Waals surface area (Å²) in [7, 11) is 0. The standard InChI is InChI=1S/C15H14O3/c1-2-18-15(17)7-3-5-13-8-10-14(11-9-13)6-4-12-16/h4,6,8-12H,2,7H2,1H3/b6-4+. The van der Waals surface area contributed by atoms with E-state index in [0.717, 1.165) is 17.4 Å². The van der Waals surface area contributed by atoms with Gasteiger partial charge in [0.1, 0.15) is 12.7 Å². The van der Waals surface area contributed by atoms with Gasteiger partial charge in [-0.25, -0.2) is 0 Å². The average molecular weight is 242 g/mol. The van der Waals surface area contributed by atoms with Gasteiger partial charge in [-0.05, 0) is 30.7 Å². The van der Waals surface area contributed by atoms with Gasteiger partial charge < -0.3 is 4.74 Å². The Kier molecular flexibility index (Phi) is 5.99. The topological polar surface area (TPSA) is 43.4 Å². The van der Waals surface area contributed by atoms with Crippen LogP contribution in [0.5, 0.6) is 0 Å². The summed E-state index contributed by atoms with van der Waals surface area (Å²) < 4.78 is 4.76. The number of allylic oxidation sites excluding steroid dienone is 1. The summed E-state index contributed by atoms with van der Waals surface area (Å²) in [4.78, 5) is 21.2. The molecule has 0 bridgehead atoms. The first-order valence-electron chi connectivity index (χ1n) is 5.62. The molecule has 0 radical (unpaired) electrons. The number of carbonyl (C=O) groups is 2. The third-order valence-electron chi connectivity index (χ3n) is 2.05. The lowest BCUT2D eigenvalue weighted by atomic mass is 10.1. The molecule has 0 saturated heterocycles. The van der Waals surface area contributed by atoms with E-state index in [9.17, 15) is 9.59 Å². The summed E-state index contributed by atoms with van der Waals surface area (Å²) in [5.41, 5.74) is 1.75. The van der Waals surface area contributed by atoms with Gasteiger partial charge in [0.2, 0.25) is 0 Å². The van der Waals surface area contributed by atoms with Gasteiger partial charge in [0.25, 0.3) is 0 Å². The Balaban J connectivity index is 2.58. The molecule has 0 spiro atoms. The fourth-order valence-electron chi connectivity index (χ4n) is 1.26. The van der Waals surface area contributed by atoms with Crippen LogP contribution in [0.25, 0.3) is 6.08 Å². The van der Waals surface area contributed by atoms with Crippen molar-refractivity contribution in [2.75, 3.05) is 6.61 Å². The molecule has 0 fully saturated rings. The summed E-state index contributed by atoms with van der Waals surface area (Å²) in [5, 5.41) is 0. The number of carbonyl (C=O) groups excluding carboxylic acids is 2. The Bertz CT molecular complexity index is 487. The van der Waals surface area contributed by atoms with Crippen LogP contribution in [0.15, 0.2) is 30.3 Å². The Morgan fingerprint density at radius 1 is 1.33 bits per heavy atom. The molecule has 0 aliphatic carbocycles. The third kappa shape index (κ3) is 5.13. The summed E-state index contributed by atoms with van der Waals surface area (Å²) in [6.45, 7) is 2.13. The quantitative estimate of drug-likeness (QED) is 0.352. The molecule has 18 heavy (non-hydrogen) atoms. The van der Waals surface area contributed by atoms with Crippen molar-refractivity contribution in [3.8, 4) is 11.8 Å². The fraction of sp³-hybridized carbons (Fsp3) is 0.200. The number of benzene rings is 1. The smallest absolute Gasteiger partial charge is 0.317 e. The van der Waals surface area contributed by atoms with Crippen molar-refractivity contribution in [3.05, 3.63) is 41.5 Å². The second kappa shape index (κ2) is 7.86. The highest BCUT2D eigenvalue weighted by Gasteiger charge is 1.96. The Hall–Kier alpha value is -2.34. The number of rotatable bonds is 4. The van der Waals surface area contributed by atoms with Crippen LogP contribution in [0, 0.1) is 11.8 Å². The number of ether oxygens (including phenoxy) is 1. The zero-order valence-corrected chi connectivity index (χ0v) is 10.2. The number of hydrogen-bond donors (Lipinski definition) is 0. The highest BCUT2D eigenvalue weighted by Crippen LogP contribution is 2.04. The third-order valence-corrected chi connectivity index (χ3v) is 2.05. The van der Waals surface area contributed by atoms with E-state index in [4.69, 9.17) is 4.74 Å². The van der Waals surface area contributed by atoms with E-state index in [0.29, 0.717) is 6.61 Å². The number of aldehydes is 1. The van der Waals surface area contributed by atoms with Gasteiger partial charge in [-0.1, -0.05) is 30.0 Å². The van der Waals surface area contributed by atoms with Crippen LogP contribution in [0.1, 0.15) is 24.5 Å². The Morgan fingerprint density at radius 2 is 2.06 bits per heavy atom. The molecule has 0 saturated carbocycles. The molecule has 1 aromatic rings. The molecule has 3 nitrogen and oxygen atoms in total. The molecule has 92 valence electrons. The minimum absolute atomic E-state index is 0.0979. The van der Waals surface area contributed by atoms with Crippen LogP contribution >= 0.6 is 0 Å². The van der Waals surface area contributed by atoms with Crippen LogP contribution in [0.3, 0.4) is 0 Å². The second-order valence-electron chi connectivity index (χ2n) is 3.40. The number of esters is 1. The highest BCUT2D eigenvalue weighted by atomic mass is 16.5. The van der Waals surface area contributed by atoms with E-state index >= 15 is 0 Å². The molecule has 0 atom stereocenters. The van der Waals surface area contributed by atoms with E-state index in [-0.39, 0.29) is 12.4 Å². The average Bonchev–Trinajstić information content (AvgIpc) is 2.38. The van der Waals surface area contributed by atoms with Crippen molar-refractivity contribution in [2.45, 2.75) is 13.3 Å². The van der Waals surface area contributed by atoms with Crippen LogP contribution in [-0.4, -0.2) is 18.9 Å². The van der Waals surface area contributed by atoms with Gasteiger partial charge >= 0.3 is 5.97 Å². The van der Waals surface area contributed by atoms with E-state index in [1.807, 2.05) is 24.3 Å². The molecule has 1 aromatic carbocycles. The van der Waals surface area contributed by atoms with E-state index in [2.05, 4.69) is 11.8 Å². The van der Waals surface area contributed by atoms with E-state index in [1.165, 1.54) is 6.08 Å². The Labute approximate surface area is 106 Å². The zero-order chi connectivity index (χ0) is 13.2. The summed E-state index contributed by atoms with van der Waals surface area (Å²) in [6.07, 6.45) is 3.97. The second-order valence-corrected chi connectivity index (χ2v) is 3.40. The predicted octanol–water partition coefficient (Wildman–Crippen LogP) is 2.20. The van der Waals surface area contributed by atoms with Gasteiger partial charge in [-0.3, -0.25) is 9.59 Å². The molecule has 0 aliphatic rings. The lowest BCUT2D eigenvalue weighted by Crippen LogP contribution is -2.01. The maximum Gasteiger partial charge on any atom is 0.317 e. The van der Waals surface area contributed by atoms with E-state index in [1.54, 1.807) is 13.0 Å². The van der Waals surface area contributed by atoms with Crippen LogP contribution < -0.4 is 0 Å². The normalized spacial score (nSPS) is 9.61. The maximum atomic E-state index is 11.0. The molecular weight excluding hydrogens is 228 g/mol. The molecular formula is C15H14O3. The first kappa shape index (κ1) is 13.7. The van der Waals surface area contributed by atoms with Crippen molar-refractivity contribution in [1.29, 1.82) is 0 Å². The first-order chi connectivity index (χ1) is 8.76. The van der Waals surface area contributed by atoms with Gasteiger partial charge in [0, 0.05) is 5.56 Å². The maximum absolute atomic E-state index is 11.0. The molecule has 0 N–H and O–H groups in total. The van der Waals surface area contributed by atoms with Crippen molar-refractivity contribution >= 4 is 18.3 Å². The minimum atomic E-state index is -0.310. The van der Waals surface area contributed by atoms with Gasteiger partial charge in [-0.15, -0.1) is 0 Å². The van der Waals surface area contributed by atoms with Gasteiger partial charge in [-0.2, -0.15) is 0 Å². The molecule has 0 aliphatic heterocycles. The summed E-state index contributed by atoms with van der Waals surface area (Å²) in [6, 6.07) is 7.38. The predicted molar refractivity (Wildman–Crippen MR) is 69.7 cm³/mol. The van der Waals surface area contributed by atoms with Crippen molar-refractivity contribution in [3.63, 3.8) is 0 Å². The molecule has 0 heterocycles. The molecule has 3 heteroatoms. The molecule has 1 rings (SSSR count). The van der Waals surface area contributed by atoms with Gasteiger partial charge in [0.15, 0.2) is 0 Å². The summed E-state index contributed by atoms with van der Waals surface area (Å²) in [5.74, 6) is 5.31. The minimum Gasteiger partial charge on any atom is -0.465 e.